The summed E-state index contributed by atoms with van der Waals surface area (Å²) >= 11 is 0. The van der Waals surface area contributed by atoms with Crippen LogP contribution in [0, 0.1) is 35.5 Å². The smallest absolute Gasteiger partial charge is 0.302 e. The van der Waals surface area contributed by atoms with E-state index in [-0.39, 0.29) is 90.2 Å². The molecule has 0 saturated carbocycles. The van der Waals surface area contributed by atoms with Crippen molar-refractivity contribution in [1.82, 2.24) is 0 Å². The maximum absolute atomic E-state index is 11.9. The summed E-state index contributed by atoms with van der Waals surface area (Å²) in [5, 5.41) is 122. The molecule has 82 heavy (non-hydrogen) atoms. The van der Waals surface area contributed by atoms with Crippen LogP contribution in [-0.2, 0) is 81.2 Å². The van der Waals surface area contributed by atoms with Crippen molar-refractivity contribution in [3.05, 3.63) is 0 Å². The third kappa shape index (κ3) is 18.5. The number of rotatable bonds is 31. The van der Waals surface area contributed by atoms with Crippen LogP contribution < -0.4 is 0 Å². The zero-order valence-corrected chi connectivity index (χ0v) is 48.3. The van der Waals surface area contributed by atoms with Crippen LogP contribution in [0.25, 0.3) is 0 Å². The minimum Gasteiger partial charge on any atom is -0.463 e. The highest BCUT2D eigenvalue weighted by Crippen LogP contribution is 2.40. The largest absolute Gasteiger partial charge is 0.463 e. The second kappa shape index (κ2) is 33.7. The quantitative estimate of drug-likeness (QED) is 0.0176. The van der Waals surface area contributed by atoms with E-state index in [1.165, 1.54) is 21.1 Å². The molecule has 0 bridgehead atoms. The Hall–Kier alpha value is -1.61. The van der Waals surface area contributed by atoms with E-state index in [4.69, 9.17) is 76.4 Å². The molecule has 0 aliphatic carbocycles. The van der Waals surface area contributed by atoms with Gasteiger partial charge in [-0.25, -0.2) is 19.6 Å². The molecule has 6 saturated heterocycles. The molecule has 6 fully saturated rings. The van der Waals surface area contributed by atoms with E-state index in [1.54, 1.807) is 6.92 Å². The molecule has 0 aromatic heterocycles. The molecule has 0 spiro atoms. The summed E-state index contributed by atoms with van der Waals surface area (Å²) in [7, 11) is 2.64. The summed E-state index contributed by atoms with van der Waals surface area (Å²) in [6, 6.07) is 0. The molecule has 0 radical (unpaired) electrons. The lowest BCUT2D eigenvalue weighted by Crippen LogP contribution is -2.60. The van der Waals surface area contributed by atoms with Gasteiger partial charge in [-0.2, -0.15) is 0 Å². The van der Waals surface area contributed by atoms with Gasteiger partial charge in [0, 0.05) is 42.9 Å². The molecule has 6 heterocycles. The van der Waals surface area contributed by atoms with Gasteiger partial charge < -0.3 is 118 Å². The van der Waals surface area contributed by atoms with Crippen LogP contribution in [0.4, 0.5) is 0 Å². The molecule has 16 unspecified atom stereocenters. The lowest BCUT2D eigenvalue weighted by molar-refractivity contribution is -0.313. The van der Waals surface area contributed by atoms with Crippen molar-refractivity contribution < 1.29 is 143 Å². The summed E-state index contributed by atoms with van der Waals surface area (Å²) in [6.45, 7) is 7.07. The molecule has 6 rings (SSSR count). The lowest BCUT2D eigenvalue weighted by atomic mass is 9.79. The molecule has 6 aliphatic rings. The molecule has 0 amide bonds. The van der Waals surface area contributed by atoms with E-state index >= 15 is 0 Å². The van der Waals surface area contributed by atoms with Crippen molar-refractivity contribution in [3.8, 4) is 0 Å². The minimum atomic E-state index is -1.57. The normalized spacial score (nSPS) is 42.5. The van der Waals surface area contributed by atoms with Crippen molar-refractivity contribution in [3.63, 3.8) is 0 Å². The van der Waals surface area contributed by atoms with E-state index in [9.17, 15) is 61.0 Å². The summed E-state index contributed by atoms with van der Waals surface area (Å²) in [4.78, 5) is 31.6. The lowest BCUT2D eigenvalue weighted by Gasteiger charge is -2.46. The zero-order valence-electron chi connectivity index (χ0n) is 48.3. The van der Waals surface area contributed by atoms with E-state index in [0.29, 0.717) is 12.8 Å². The van der Waals surface area contributed by atoms with Gasteiger partial charge in [0.15, 0.2) is 0 Å². The monoisotopic (exact) mass is 1200 g/mol. The number of carbonyl (C=O) groups excluding carboxylic acids is 1. The first-order valence-electron chi connectivity index (χ1n) is 28.2. The van der Waals surface area contributed by atoms with Gasteiger partial charge >= 0.3 is 5.97 Å². The first kappa shape index (κ1) is 71.1. The number of aliphatic hydroxyl groups excluding tert-OH is 11. The summed E-state index contributed by atoms with van der Waals surface area (Å²) < 4.78 is 72.1. The number of fused-ring (bicyclic) bond motifs is 1. The minimum absolute atomic E-state index is 0. The third-order valence-corrected chi connectivity index (χ3v) is 16.4. The van der Waals surface area contributed by atoms with Crippen LogP contribution >= 0.6 is 0 Å². The highest BCUT2D eigenvalue weighted by atomic mass is 17.2. The summed E-state index contributed by atoms with van der Waals surface area (Å²) in [5.74, 6) is -4.67. The Bertz CT molecular complexity index is 1810. The van der Waals surface area contributed by atoms with E-state index in [1.807, 2.05) is 27.7 Å². The van der Waals surface area contributed by atoms with Gasteiger partial charge in [0.25, 0.3) is 0 Å². The molecule has 29 heteroatoms. The Morgan fingerprint density at radius 1 is 0.488 bits per heavy atom. The fourth-order valence-electron chi connectivity index (χ4n) is 11.8. The Kier molecular flexibility index (Phi) is 29.2. The van der Waals surface area contributed by atoms with Crippen molar-refractivity contribution in [2.75, 3.05) is 107 Å². The van der Waals surface area contributed by atoms with Crippen LogP contribution in [0.1, 0.15) is 54.4 Å². The molecule has 26 atom stereocenters. The van der Waals surface area contributed by atoms with Gasteiger partial charge in [0.2, 0.25) is 0 Å². The average Bonchev–Trinajstić information content (AvgIpc) is 3.21. The van der Waals surface area contributed by atoms with Gasteiger partial charge in [-0.15, -0.1) is 0 Å². The van der Waals surface area contributed by atoms with Crippen molar-refractivity contribution in [2.45, 2.75) is 188 Å². The standard InChI is InChI=1S/C53H94O28.H2O/c1-25(2)9-33-47(61)44(58)30(36(12-55)76-33)14-69-19-39-43(57)29(28(17-72-26(3)4)35(11-54)78-39)13-68-18-37-31(45(59)49(63)42(79-37)22-73-27(5)56)15-70-20-40-48(62)46(60)32(38(80-40)23-74-66-7)16-71-21-41-50(64)51(65)52-34(77-41)10-53(6,81-52)24-75-67-8;/h25-26,28-52,54-55,57-65H,9-24H2,1-8H3;1H2/t28-,29?,30+,31?,32+,33-,34?,35?,36?,37+,38?,39-,40-,41-,42?,43?,44?,45?,46?,47?,48?,49+,50?,51?,52+,53?;/m0./s1. The Morgan fingerprint density at radius 3 is 1.43 bits per heavy atom. The predicted octanol–water partition coefficient (Wildman–Crippen LogP) is -4.88. The highest BCUT2D eigenvalue weighted by molar-refractivity contribution is 5.65. The maximum Gasteiger partial charge on any atom is 0.302 e. The fraction of sp³-hybridized carbons (Fsp3) is 0.981. The molecule has 29 nitrogen and oxygen atoms in total. The van der Waals surface area contributed by atoms with Crippen LogP contribution in [-0.4, -0.2) is 308 Å². The fourth-order valence-corrected chi connectivity index (χ4v) is 11.8. The zero-order chi connectivity index (χ0) is 59.3. The maximum atomic E-state index is 11.9. The topological polar surface area (TPSA) is 419 Å². The summed E-state index contributed by atoms with van der Waals surface area (Å²) in [5.41, 5.74) is -0.856. The Morgan fingerprint density at radius 2 is 0.915 bits per heavy atom. The van der Waals surface area contributed by atoms with Crippen molar-refractivity contribution in [2.24, 2.45) is 35.5 Å². The van der Waals surface area contributed by atoms with Gasteiger partial charge in [-0.3, -0.25) is 4.79 Å². The second-order valence-corrected chi connectivity index (χ2v) is 23.2. The predicted molar refractivity (Wildman–Crippen MR) is 277 cm³/mol. The number of hydrogen-bond donors (Lipinski definition) is 11. The van der Waals surface area contributed by atoms with Crippen LogP contribution in [0.3, 0.4) is 0 Å². The molecular formula is C53H96O29. The number of esters is 1. The van der Waals surface area contributed by atoms with Crippen LogP contribution in [0.5, 0.6) is 0 Å². The first-order valence-corrected chi connectivity index (χ1v) is 28.2. The number of hydrogen-bond acceptors (Lipinski definition) is 28. The van der Waals surface area contributed by atoms with Crippen molar-refractivity contribution in [1.29, 1.82) is 0 Å². The Labute approximate surface area is 478 Å². The van der Waals surface area contributed by atoms with Gasteiger partial charge in [0.1, 0.15) is 80.9 Å². The highest BCUT2D eigenvalue weighted by Gasteiger charge is 2.55. The van der Waals surface area contributed by atoms with Gasteiger partial charge in [-0.05, 0) is 33.1 Å². The number of carbonyl (C=O) groups is 1. The van der Waals surface area contributed by atoms with E-state index < -0.39 is 183 Å². The average molecular weight is 1200 g/mol. The van der Waals surface area contributed by atoms with Gasteiger partial charge in [0.05, 0.1) is 160 Å². The van der Waals surface area contributed by atoms with Gasteiger partial charge in [-0.1, -0.05) is 13.8 Å². The van der Waals surface area contributed by atoms with E-state index in [2.05, 4.69) is 0 Å². The second-order valence-electron chi connectivity index (χ2n) is 23.2. The molecule has 0 aromatic rings. The number of ether oxygens (including phenoxy) is 12. The van der Waals surface area contributed by atoms with Crippen LogP contribution in [0.15, 0.2) is 0 Å². The SMILES string of the molecule is COOCC1O[C@@H](COCC2C(O)[C@H](O)C(COC(C)=O)O[C@@H]2COCC2C(O)[C@H](COC[C@@H]3C(CO)O[C@@H](CC(C)C)C(O)C3O)OC(CO)[C@H]2COC(C)C)C(O)C(O)[C@@H]1COC[C@@H]1OC2CC(C)(COOC)O[C@H]2C(O)C1O.O. The molecule has 13 N–H and O–H groups in total. The molecular weight excluding hydrogens is 1100 g/mol. The third-order valence-electron chi connectivity index (χ3n) is 16.4. The number of aliphatic hydroxyl groups is 11. The van der Waals surface area contributed by atoms with Crippen LogP contribution in [0.2, 0.25) is 0 Å². The van der Waals surface area contributed by atoms with E-state index in [0.717, 1.165) is 0 Å². The molecule has 0 aromatic carbocycles. The molecule has 6 aliphatic heterocycles. The molecule has 482 valence electrons. The first-order chi connectivity index (χ1) is 38.6. The Balaban J connectivity index is 0.0000123. The van der Waals surface area contributed by atoms with Crippen molar-refractivity contribution >= 4 is 5.97 Å². The summed E-state index contributed by atoms with van der Waals surface area (Å²) in [6.07, 6.45) is -22.3.